The van der Waals surface area contributed by atoms with Gasteiger partial charge in [0.05, 0.1) is 18.2 Å². The van der Waals surface area contributed by atoms with Gasteiger partial charge in [0.1, 0.15) is 5.75 Å². The van der Waals surface area contributed by atoms with Crippen molar-refractivity contribution in [3.8, 4) is 17.1 Å². The first-order valence-electron chi connectivity index (χ1n) is 6.88. The van der Waals surface area contributed by atoms with Crippen LogP contribution in [0.2, 0.25) is 0 Å². The van der Waals surface area contributed by atoms with Crippen molar-refractivity contribution in [2.75, 3.05) is 6.61 Å². The molecular formula is C14H19N5O2. The van der Waals surface area contributed by atoms with Crippen molar-refractivity contribution in [1.82, 2.24) is 20.2 Å². The summed E-state index contributed by atoms with van der Waals surface area (Å²) in [6.07, 6.45) is 0.894. The number of hydrogen-bond donors (Lipinski definition) is 1. The molecule has 0 unspecified atom stereocenters. The molecule has 0 fully saturated rings. The van der Waals surface area contributed by atoms with Gasteiger partial charge in [-0.1, -0.05) is 12.1 Å². The maximum Gasteiger partial charge on any atom is 0.217 e. The molecule has 21 heavy (non-hydrogen) atoms. The van der Waals surface area contributed by atoms with Crippen molar-refractivity contribution < 1.29 is 9.53 Å². The smallest absolute Gasteiger partial charge is 0.217 e. The van der Waals surface area contributed by atoms with Crippen LogP contribution in [0.15, 0.2) is 24.3 Å². The third-order valence-corrected chi connectivity index (χ3v) is 2.93. The van der Waals surface area contributed by atoms with E-state index in [2.05, 4.69) is 15.5 Å². The second kappa shape index (κ2) is 6.83. The number of nitrogens with zero attached hydrogens (tertiary/aromatic N) is 4. The lowest BCUT2D eigenvalue weighted by atomic mass is 10.2. The molecule has 0 atom stereocenters. The normalized spacial score (nSPS) is 10.8. The number of nitrogens with two attached hydrogens (primary N) is 1. The highest BCUT2D eigenvalue weighted by atomic mass is 16.5. The lowest BCUT2D eigenvalue weighted by Crippen LogP contribution is -2.12. The largest absolute Gasteiger partial charge is 0.493 e. The average Bonchev–Trinajstić information content (AvgIpc) is 2.93. The van der Waals surface area contributed by atoms with Crippen LogP contribution in [-0.4, -0.2) is 32.7 Å². The Morgan fingerprint density at radius 1 is 1.38 bits per heavy atom. The van der Waals surface area contributed by atoms with Crippen molar-refractivity contribution in [3.63, 3.8) is 0 Å². The second-order valence-electron chi connectivity index (χ2n) is 4.96. The van der Waals surface area contributed by atoms with Gasteiger partial charge < -0.3 is 10.5 Å². The summed E-state index contributed by atoms with van der Waals surface area (Å²) in [6, 6.07) is 7.71. The molecule has 0 bridgehead atoms. The van der Waals surface area contributed by atoms with Gasteiger partial charge in [0.15, 0.2) is 5.82 Å². The number of rotatable bonds is 7. The van der Waals surface area contributed by atoms with Crippen LogP contribution in [0, 0.1) is 0 Å². The van der Waals surface area contributed by atoms with E-state index in [0.29, 0.717) is 31.0 Å². The van der Waals surface area contributed by atoms with Gasteiger partial charge in [0.2, 0.25) is 5.91 Å². The van der Waals surface area contributed by atoms with Crippen LogP contribution in [0.1, 0.15) is 32.7 Å². The van der Waals surface area contributed by atoms with E-state index in [-0.39, 0.29) is 11.9 Å². The van der Waals surface area contributed by atoms with Gasteiger partial charge in [0, 0.05) is 6.42 Å². The molecule has 7 nitrogen and oxygen atoms in total. The fraction of sp³-hybridized carbons (Fsp3) is 0.429. The summed E-state index contributed by atoms with van der Waals surface area (Å²) in [6.45, 7) is 4.44. The number of primary amides is 1. The van der Waals surface area contributed by atoms with E-state index in [9.17, 15) is 4.79 Å². The molecule has 0 saturated carbocycles. The summed E-state index contributed by atoms with van der Waals surface area (Å²) in [7, 11) is 0. The standard InChI is InChI=1S/C14H19N5O2/c1-10(2)19-14(16-17-18-19)11-6-3-4-7-12(11)21-9-5-8-13(15)20/h3-4,6-7,10H,5,8-9H2,1-2H3,(H2,15,20). The maximum atomic E-state index is 10.7. The number of amides is 1. The molecule has 0 aliphatic carbocycles. The van der Waals surface area contributed by atoms with Crippen molar-refractivity contribution in [3.05, 3.63) is 24.3 Å². The van der Waals surface area contributed by atoms with Gasteiger partial charge in [-0.25, -0.2) is 4.68 Å². The van der Waals surface area contributed by atoms with E-state index in [1.54, 1.807) is 4.68 Å². The predicted octanol–water partition coefficient (Wildman–Crippen LogP) is 1.57. The van der Waals surface area contributed by atoms with Crippen LogP contribution in [-0.2, 0) is 4.79 Å². The molecule has 1 aromatic heterocycles. The monoisotopic (exact) mass is 289 g/mol. The van der Waals surface area contributed by atoms with Crippen LogP contribution in [0.5, 0.6) is 5.75 Å². The summed E-state index contributed by atoms with van der Waals surface area (Å²) in [4.78, 5) is 10.7. The van der Waals surface area contributed by atoms with Gasteiger partial charge in [-0.05, 0) is 42.8 Å². The molecule has 0 radical (unpaired) electrons. The van der Waals surface area contributed by atoms with Crippen LogP contribution in [0.25, 0.3) is 11.4 Å². The fourth-order valence-electron chi connectivity index (χ4n) is 1.92. The Kier molecular flexibility index (Phi) is 4.86. The first kappa shape index (κ1) is 15.0. The van der Waals surface area contributed by atoms with E-state index in [4.69, 9.17) is 10.5 Å². The summed E-state index contributed by atoms with van der Waals surface area (Å²) in [5, 5.41) is 11.8. The molecule has 0 aliphatic rings. The number of ether oxygens (including phenoxy) is 1. The third-order valence-electron chi connectivity index (χ3n) is 2.93. The highest BCUT2D eigenvalue weighted by Crippen LogP contribution is 2.29. The minimum atomic E-state index is -0.323. The Balaban J connectivity index is 2.17. The molecular weight excluding hydrogens is 270 g/mol. The number of tetrazole rings is 1. The maximum absolute atomic E-state index is 10.7. The molecule has 2 aromatic rings. The molecule has 1 amide bonds. The van der Waals surface area contributed by atoms with Gasteiger partial charge in [-0.3, -0.25) is 4.79 Å². The minimum absolute atomic E-state index is 0.151. The molecule has 1 aromatic carbocycles. The van der Waals surface area contributed by atoms with Crippen molar-refractivity contribution in [2.45, 2.75) is 32.7 Å². The number of benzene rings is 1. The Hall–Kier alpha value is -2.44. The average molecular weight is 289 g/mol. The fourth-order valence-corrected chi connectivity index (χ4v) is 1.92. The number of carbonyl (C=O) groups is 1. The van der Waals surface area contributed by atoms with Gasteiger partial charge in [-0.2, -0.15) is 0 Å². The van der Waals surface area contributed by atoms with Crippen LogP contribution in [0.4, 0.5) is 0 Å². The zero-order valence-corrected chi connectivity index (χ0v) is 12.2. The van der Waals surface area contributed by atoms with Crippen molar-refractivity contribution in [1.29, 1.82) is 0 Å². The molecule has 2 N–H and O–H groups in total. The van der Waals surface area contributed by atoms with Crippen LogP contribution >= 0.6 is 0 Å². The molecule has 2 rings (SSSR count). The highest BCUT2D eigenvalue weighted by Gasteiger charge is 2.15. The van der Waals surface area contributed by atoms with E-state index >= 15 is 0 Å². The van der Waals surface area contributed by atoms with Gasteiger partial charge >= 0.3 is 0 Å². The Morgan fingerprint density at radius 2 is 2.14 bits per heavy atom. The van der Waals surface area contributed by atoms with E-state index in [0.717, 1.165) is 5.56 Å². The Morgan fingerprint density at radius 3 is 2.86 bits per heavy atom. The number of para-hydroxylation sites is 1. The van der Waals surface area contributed by atoms with Gasteiger partial charge in [-0.15, -0.1) is 5.10 Å². The third kappa shape index (κ3) is 3.77. The number of hydrogen-bond acceptors (Lipinski definition) is 5. The van der Waals surface area contributed by atoms with Crippen LogP contribution in [0.3, 0.4) is 0 Å². The lowest BCUT2D eigenvalue weighted by molar-refractivity contribution is -0.118. The van der Waals surface area contributed by atoms with E-state index in [1.807, 2.05) is 38.1 Å². The van der Waals surface area contributed by atoms with Gasteiger partial charge in [0.25, 0.3) is 0 Å². The molecule has 0 spiro atoms. The lowest BCUT2D eigenvalue weighted by Gasteiger charge is -2.12. The van der Waals surface area contributed by atoms with Crippen molar-refractivity contribution in [2.24, 2.45) is 5.73 Å². The summed E-state index contributed by atoms with van der Waals surface area (Å²) in [5.41, 5.74) is 5.94. The quantitative estimate of drug-likeness (QED) is 0.780. The molecule has 7 heteroatoms. The highest BCUT2D eigenvalue weighted by molar-refractivity contribution is 5.73. The summed E-state index contributed by atoms with van der Waals surface area (Å²) < 4.78 is 7.47. The predicted molar refractivity (Wildman–Crippen MR) is 77.6 cm³/mol. The number of carbonyl (C=O) groups excluding carboxylic acids is 1. The van der Waals surface area contributed by atoms with E-state index < -0.39 is 0 Å². The molecule has 0 saturated heterocycles. The first-order chi connectivity index (χ1) is 10.1. The first-order valence-corrected chi connectivity index (χ1v) is 6.88. The second-order valence-corrected chi connectivity index (χ2v) is 4.96. The summed E-state index contributed by atoms with van der Waals surface area (Å²) >= 11 is 0. The Bertz CT molecular complexity index is 609. The van der Waals surface area contributed by atoms with Crippen LogP contribution < -0.4 is 10.5 Å². The topological polar surface area (TPSA) is 95.9 Å². The molecule has 112 valence electrons. The SMILES string of the molecule is CC(C)n1nnnc1-c1ccccc1OCCCC(N)=O. The molecule has 1 heterocycles. The zero-order chi connectivity index (χ0) is 15.2. The van der Waals surface area contributed by atoms with Crippen molar-refractivity contribution >= 4 is 5.91 Å². The Labute approximate surface area is 123 Å². The van der Waals surface area contributed by atoms with E-state index in [1.165, 1.54) is 0 Å². The minimum Gasteiger partial charge on any atom is -0.493 e. The molecule has 0 aliphatic heterocycles. The number of aromatic nitrogens is 4. The summed E-state index contributed by atoms with van der Waals surface area (Å²) in [5.74, 6) is 1.03. The zero-order valence-electron chi connectivity index (χ0n) is 12.2.